The highest BCUT2D eigenvalue weighted by Crippen LogP contribution is 2.33. The van der Waals surface area contributed by atoms with Crippen LogP contribution in [0.1, 0.15) is 16.0 Å². The minimum atomic E-state index is -0.394. The number of alkyl halides is 1. The molecule has 0 aliphatic heterocycles. The molecule has 0 saturated heterocycles. The summed E-state index contributed by atoms with van der Waals surface area (Å²) in [6.07, 6.45) is 0.723. The molecule has 0 saturated carbocycles. The van der Waals surface area contributed by atoms with E-state index in [9.17, 15) is 4.39 Å². The molecule has 1 atom stereocenters. The monoisotopic (exact) mass is 346 g/mol. The van der Waals surface area contributed by atoms with Crippen LogP contribution in [-0.4, -0.2) is 0 Å². The third kappa shape index (κ3) is 3.25. The van der Waals surface area contributed by atoms with Crippen molar-refractivity contribution < 1.29 is 4.39 Å². The van der Waals surface area contributed by atoms with E-state index < -0.39 is 5.82 Å². The molecule has 0 N–H and O–H groups in total. The Balaban J connectivity index is 2.19. The molecule has 0 fully saturated rings. The molecule has 0 amide bonds. The Labute approximate surface area is 124 Å². The predicted molar refractivity (Wildman–Crippen MR) is 78.2 cm³/mol. The molecule has 0 bridgehead atoms. The maximum absolute atomic E-state index is 13.4. The van der Waals surface area contributed by atoms with Gasteiger partial charge in [-0.2, -0.15) is 0 Å². The molecule has 0 radical (unpaired) electrons. The third-order valence-corrected chi connectivity index (χ3v) is 4.11. The summed E-state index contributed by atoms with van der Waals surface area (Å²) in [5.74, 6) is -0.394. The van der Waals surface area contributed by atoms with Crippen LogP contribution in [0.3, 0.4) is 0 Å². The Kier molecular flexibility index (Phi) is 4.66. The first-order valence-corrected chi connectivity index (χ1v) is 7.07. The minimum absolute atomic E-state index is 0.0260. The fourth-order valence-corrected chi connectivity index (χ4v) is 2.97. The van der Waals surface area contributed by atoms with E-state index >= 15 is 0 Å². The smallest absolute Gasteiger partial charge is 0.142 e. The van der Waals surface area contributed by atoms with Crippen LogP contribution < -0.4 is 0 Å². The number of benzene rings is 2. The SMILES string of the molecule is Fc1cccc(C(Br)Cc2ccc(Cl)cc2)c1Cl. The van der Waals surface area contributed by atoms with Crippen molar-refractivity contribution in [3.8, 4) is 0 Å². The number of hydrogen-bond acceptors (Lipinski definition) is 0. The Morgan fingerprint density at radius 2 is 1.72 bits per heavy atom. The molecule has 2 rings (SSSR count). The van der Waals surface area contributed by atoms with Crippen molar-refractivity contribution in [2.75, 3.05) is 0 Å². The van der Waals surface area contributed by atoms with Crippen molar-refractivity contribution in [1.82, 2.24) is 0 Å². The Bertz CT molecular complexity index is 540. The lowest BCUT2D eigenvalue weighted by molar-refractivity contribution is 0.625. The summed E-state index contributed by atoms with van der Waals surface area (Å²) < 4.78 is 13.4. The van der Waals surface area contributed by atoms with Crippen molar-refractivity contribution in [1.29, 1.82) is 0 Å². The molecule has 2 aromatic carbocycles. The van der Waals surface area contributed by atoms with Crippen molar-refractivity contribution in [2.45, 2.75) is 11.2 Å². The predicted octanol–water partition coefficient (Wildman–Crippen LogP) is 5.81. The van der Waals surface area contributed by atoms with E-state index in [2.05, 4.69) is 15.9 Å². The zero-order valence-corrected chi connectivity index (χ0v) is 12.4. The van der Waals surface area contributed by atoms with E-state index in [1.807, 2.05) is 30.3 Å². The van der Waals surface area contributed by atoms with Gasteiger partial charge in [0.2, 0.25) is 0 Å². The van der Waals surface area contributed by atoms with Crippen LogP contribution in [0.2, 0.25) is 10.0 Å². The van der Waals surface area contributed by atoms with Gasteiger partial charge in [-0.3, -0.25) is 0 Å². The zero-order chi connectivity index (χ0) is 13.1. The topological polar surface area (TPSA) is 0 Å². The van der Waals surface area contributed by atoms with Crippen LogP contribution in [0.25, 0.3) is 0 Å². The summed E-state index contributed by atoms with van der Waals surface area (Å²) in [6, 6.07) is 12.4. The fourth-order valence-electron chi connectivity index (χ4n) is 1.70. The van der Waals surface area contributed by atoms with Gasteiger partial charge in [-0.15, -0.1) is 0 Å². The van der Waals surface area contributed by atoms with Gasteiger partial charge < -0.3 is 0 Å². The molecular formula is C14H10BrCl2F. The molecule has 0 aliphatic rings. The molecule has 0 aliphatic carbocycles. The van der Waals surface area contributed by atoms with Crippen LogP contribution in [0.5, 0.6) is 0 Å². The summed E-state index contributed by atoms with van der Waals surface area (Å²) in [7, 11) is 0. The van der Waals surface area contributed by atoms with E-state index in [0.717, 1.165) is 17.5 Å². The summed E-state index contributed by atoms with van der Waals surface area (Å²) in [5.41, 5.74) is 1.87. The standard InChI is InChI=1S/C14H10BrCl2F/c15-12(8-9-4-6-10(16)7-5-9)11-2-1-3-13(18)14(11)17/h1-7,12H,8H2. The van der Waals surface area contributed by atoms with Gasteiger partial charge in [-0.05, 0) is 35.7 Å². The lowest BCUT2D eigenvalue weighted by Gasteiger charge is -2.12. The summed E-state index contributed by atoms with van der Waals surface area (Å²) in [5, 5.41) is 0.877. The van der Waals surface area contributed by atoms with Crippen molar-refractivity contribution in [3.63, 3.8) is 0 Å². The van der Waals surface area contributed by atoms with Gasteiger partial charge in [0.25, 0.3) is 0 Å². The van der Waals surface area contributed by atoms with Crippen molar-refractivity contribution in [3.05, 3.63) is 69.5 Å². The first kappa shape index (κ1) is 13.9. The van der Waals surface area contributed by atoms with Gasteiger partial charge in [0.05, 0.1) is 5.02 Å². The highest BCUT2D eigenvalue weighted by atomic mass is 79.9. The van der Waals surface area contributed by atoms with Crippen LogP contribution in [0.4, 0.5) is 4.39 Å². The lowest BCUT2D eigenvalue weighted by Crippen LogP contribution is -1.97. The molecule has 0 spiro atoms. The summed E-state index contributed by atoms with van der Waals surface area (Å²) in [6.45, 7) is 0. The zero-order valence-electron chi connectivity index (χ0n) is 9.34. The first-order chi connectivity index (χ1) is 8.58. The van der Waals surface area contributed by atoms with Crippen molar-refractivity contribution >= 4 is 39.1 Å². The molecule has 18 heavy (non-hydrogen) atoms. The van der Waals surface area contributed by atoms with E-state index in [-0.39, 0.29) is 9.85 Å². The molecule has 4 heteroatoms. The quantitative estimate of drug-likeness (QED) is 0.614. The molecule has 2 aromatic rings. The third-order valence-electron chi connectivity index (χ3n) is 2.65. The summed E-state index contributed by atoms with van der Waals surface area (Å²) in [4.78, 5) is -0.0260. The molecule has 1 unspecified atom stereocenters. The summed E-state index contributed by atoms with van der Waals surface area (Å²) >= 11 is 15.3. The van der Waals surface area contributed by atoms with E-state index in [1.54, 1.807) is 6.07 Å². The average Bonchev–Trinajstić information content (AvgIpc) is 2.35. The minimum Gasteiger partial charge on any atom is -0.205 e. The first-order valence-electron chi connectivity index (χ1n) is 5.40. The second kappa shape index (κ2) is 6.05. The second-order valence-electron chi connectivity index (χ2n) is 3.94. The van der Waals surface area contributed by atoms with Gasteiger partial charge in [0.15, 0.2) is 0 Å². The maximum atomic E-state index is 13.4. The van der Waals surface area contributed by atoms with Gasteiger partial charge in [-0.1, -0.05) is 63.4 Å². The fraction of sp³-hybridized carbons (Fsp3) is 0.143. The molecule has 94 valence electrons. The Hall–Kier alpha value is -0.570. The molecule has 0 heterocycles. The Morgan fingerprint density at radius 3 is 2.39 bits per heavy atom. The molecular weight excluding hydrogens is 338 g/mol. The van der Waals surface area contributed by atoms with Gasteiger partial charge in [-0.25, -0.2) is 4.39 Å². The Morgan fingerprint density at radius 1 is 1.06 bits per heavy atom. The van der Waals surface area contributed by atoms with E-state index in [0.29, 0.717) is 5.02 Å². The highest BCUT2D eigenvalue weighted by molar-refractivity contribution is 9.09. The van der Waals surface area contributed by atoms with Gasteiger partial charge in [0, 0.05) is 9.85 Å². The number of halogens is 4. The van der Waals surface area contributed by atoms with Crippen LogP contribution in [0.15, 0.2) is 42.5 Å². The number of rotatable bonds is 3. The van der Waals surface area contributed by atoms with E-state index in [4.69, 9.17) is 23.2 Å². The average molecular weight is 348 g/mol. The molecule has 0 nitrogen and oxygen atoms in total. The largest absolute Gasteiger partial charge is 0.205 e. The van der Waals surface area contributed by atoms with Gasteiger partial charge in [0.1, 0.15) is 5.82 Å². The normalized spacial score (nSPS) is 12.4. The van der Waals surface area contributed by atoms with Crippen LogP contribution in [-0.2, 0) is 6.42 Å². The van der Waals surface area contributed by atoms with Crippen LogP contribution in [0, 0.1) is 5.82 Å². The highest BCUT2D eigenvalue weighted by Gasteiger charge is 2.14. The second-order valence-corrected chi connectivity index (χ2v) is 5.86. The van der Waals surface area contributed by atoms with Gasteiger partial charge >= 0.3 is 0 Å². The van der Waals surface area contributed by atoms with Crippen molar-refractivity contribution in [2.24, 2.45) is 0 Å². The van der Waals surface area contributed by atoms with E-state index in [1.165, 1.54) is 6.07 Å². The molecule has 0 aromatic heterocycles. The lowest BCUT2D eigenvalue weighted by atomic mass is 10.0. The number of hydrogen-bond donors (Lipinski definition) is 0. The van der Waals surface area contributed by atoms with Crippen LogP contribution >= 0.6 is 39.1 Å². The maximum Gasteiger partial charge on any atom is 0.142 e.